The molecule has 1 rings (SSSR count). The minimum atomic E-state index is -0.220. The van der Waals surface area contributed by atoms with Crippen LogP contribution in [0.15, 0.2) is 23.8 Å². The molecule has 0 fully saturated rings. The normalized spacial score (nSPS) is 11.1. The number of carbonyl (C=O) groups is 1. The van der Waals surface area contributed by atoms with Gasteiger partial charge in [0.1, 0.15) is 6.07 Å². The molecule has 0 heterocycles. The van der Waals surface area contributed by atoms with Gasteiger partial charge in [0.05, 0.1) is 19.3 Å². The van der Waals surface area contributed by atoms with E-state index in [1.54, 1.807) is 38.1 Å². The Bertz CT molecular complexity index is 553. The van der Waals surface area contributed by atoms with Crippen LogP contribution < -0.4 is 9.47 Å². The van der Waals surface area contributed by atoms with Crippen LogP contribution in [0.4, 0.5) is 0 Å². The molecule has 0 saturated carbocycles. The van der Waals surface area contributed by atoms with Crippen LogP contribution in [0, 0.1) is 17.2 Å². The third kappa shape index (κ3) is 3.61. The summed E-state index contributed by atoms with van der Waals surface area (Å²) in [6, 6.07) is 7.32. The molecule has 0 saturated heterocycles. The lowest BCUT2D eigenvalue weighted by Crippen LogP contribution is -2.09. The lowest BCUT2D eigenvalue weighted by molar-refractivity contribution is -0.117. The van der Waals surface area contributed by atoms with E-state index in [-0.39, 0.29) is 17.3 Å². The third-order valence-corrected chi connectivity index (χ3v) is 2.72. The van der Waals surface area contributed by atoms with E-state index >= 15 is 0 Å². The number of methoxy groups -OCH3 is 1. The van der Waals surface area contributed by atoms with Gasteiger partial charge in [0.25, 0.3) is 0 Å². The highest BCUT2D eigenvalue weighted by Gasteiger charge is 2.15. The first kappa shape index (κ1) is 15.8. The maximum absolute atomic E-state index is 11.9. The van der Waals surface area contributed by atoms with E-state index in [1.807, 2.05) is 13.0 Å². The monoisotopic (exact) mass is 273 g/mol. The molecule has 0 aromatic heterocycles. The van der Waals surface area contributed by atoms with E-state index < -0.39 is 0 Å². The molecule has 0 unspecified atom stereocenters. The second kappa shape index (κ2) is 7.34. The highest BCUT2D eigenvalue weighted by atomic mass is 16.5. The average molecular weight is 273 g/mol. The quantitative estimate of drug-likeness (QED) is 0.589. The van der Waals surface area contributed by atoms with Crippen molar-refractivity contribution in [3.8, 4) is 17.6 Å². The first-order valence-electron chi connectivity index (χ1n) is 6.50. The van der Waals surface area contributed by atoms with Crippen LogP contribution in [0.2, 0.25) is 0 Å². The van der Waals surface area contributed by atoms with Crippen molar-refractivity contribution >= 4 is 11.9 Å². The number of hydrogen-bond donors (Lipinski definition) is 0. The number of allylic oxidation sites excluding steroid dienone is 1. The zero-order valence-electron chi connectivity index (χ0n) is 12.3. The predicted octanol–water partition coefficient (Wildman–Crippen LogP) is 3.23. The molecule has 4 heteroatoms. The Morgan fingerprint density at radius 1 is 1.45 bits per heavy atom. The summed E-state index contributed by atoms with van der Waals surface area (Å²) in [6.07, 6.45) is 1.55. The number of rotatable bonds is 6. The zero-order valence-corrected chi connectivity index (χ0v) is 12.3. The Labute approximate surface area is 119 Å². The van der Waals surface area contributed by atoms with E-state index in [9.17, 15) is 4.79 Å². The fourth-order valence-corrected chi connectivity index (χ4v) is 1.76. The molecule has 20 heavy (non-hydrogen) atoms. The molecule has 0 N–H and O–H groups in total. The Hall–Kier alpha value is -2.28. The summed E-state index contributed by atoms with van der Waals surface area (Å²) in [6.45, 7) is 5.92. The van der Waals surface area contributed by atoms with E-state index in [2.05, 4.69) is 0 Å². The summed E-state index contributed by atoms with van der Waals surface area (Å²) >= 11 is 0. The van der Waals surface area contributed by atoms with Gasteiger partial charge in [-0.15, -0.1) is 0 Å². The van der Waals surface area contributed by atoms with Crippen molar-refractivity contribution in [2.24, 2.45) is 5.92 Å². The van der Waals surface area contributed by atoms with Crippen molar-refractivity contribution in [2.45, 2.75) is 20.8 Å². The first-order chi connectivity index (χ1) is 9.54. The van der Waals surface area contributed by atoms with Crippen LogP contribution in [-0.2, 0) is 4.79 Å². The number of ether oxygens (including phenoxy) is 2. The van der Waals surface area contributed by atoms with Gasteiger partial charge in [0, 0.05) is 11.5 Å². The van der Waals surface area contributed by atoms with Crippen molar-refractivity contribution in [2.75, 3.05) is 13.7 Å². The summed E-state index contributed by atoms with van der Waals surface area (Å²) in [5.74, 6) is 0.718. The topological polar surface area (TPSA) is 59.3 Å². The number of nitriles is 1. The number of carbonyl (C=O) groups excluding carboxylic acids is 1. The molecule has 0 amide bonds. The lowest BCUT2D eigenvalue weighted by atomic mass is 9.99. The third-order valence-electron chi connectivity index (χ3n) is 2.72. The molecule has 0 aliphatic carbocycles. The standard InChI is InChI=1S/C16H19NO3/c1-5-20-14-8-6-7-12(16(14)19-4)9-13(10-17)15(18)11(2)3/h6-9,11H,5H2,1-4H3/b13-9+. The minimum absolute atomic E-state index is 0.118. The second-order valence-electron chi connectivity index (χ2n) is 4.50. The molecule has 1 aromatic carbocycles. The number of para-hydroxylation sites is 1. The van der Waals surface area contributed by atoms with Crippen molar-refractivity contribution in [1.29, 1.82) is 5.26 Å². The first-order valence-corrected chi connectivity index (χ1v) is 6.50. The van der Waals surface area contributed by atoms with Gasteiger partial charge in [-0.05, 0) is 19.1 Å². The second-order valence-corrected chi connectivity index (χ2v) is 4.50. The Morgan fingerprint density at radius 2 is 2.15 bits per heavy atom. The number of Topliss-reactive ketones (excluding diaryl/α,β-unsaturated/α-hetero) is 1. The van der Waals surface area contributed by atoms with E-state index in [0.29, 0.717) is 23.7 Å². The highest BCUT2D eigenvalue weighted by molar-refractivity contribution is 6.04. The minimum Gasteiger partial charge on any atom is -0.492 e. The van der Waals surface area contributed by atoms with Gasteiger partial charge in [-0.3, -0.25) is 4.79 Å². The molecular weight excluding hydrogens is 254 g/mol. The van der Waals surface area contributed by atoms with E-state index in [0.717, 1.165) is 0 Å². The van der Waals surface area contributed by atoms with Crippen molar-refractivity contribution in [3.63, 3.8) is 0 Å². The van der Waals surface area contributed by atoms with Gasteiger partial charge < -0.3 is 9.47 Å². The molecule has 0 radical (unpaired) electrons. The molecule has 0 bridgehead atoms. The molecule has 0 atom stereocenters. The molecule has 0 aliphatic rings. The summed E-state index contributed by atoms with van der Waals surface area (Å²) in [7, 11) is 1.53. The SMILES string of the molecule is CCOc1cccc(/C=C(\C#N)C(=O)C(C)C)c1OC. The molecule has 1 aromatic rings. The Balaban J connectivity index is 3.29. The van der Waals surface area contributed by atoms with Crippen LogP contribution in [0.5, 0.6) is 11.5 Å². The van der Waals surface area contributed by atoms with Crippen molar-refractivity contribution < 1.29 is 14.3 Å². The van der Waals surface area contributed by atoms with Gasteiger partial charge in [-0.2, -0.15) is 5.26 Å². The fourth-order valence-electron chi connectivity index (χ4n) is 1.76. The van der Waals surface area contributed by atoms with Gasteiger partial charge >= 0.3 is 0 Å². The van der Waals surface area contributed by atoms with Crippen LogP contribution in [0.1, 0.15) is 26.3 Å². The Kier molecular flexibility index (Phi) is 5.79. The zero-order chi connectivity index (χ0) is 15.1. The lowest BCUT2D eigenvalue weighted by Gasteiger charge is -2.12. The number of benzene rings is 1. The largest absolute Gasteiger partial charge is 0.492 e. The molecule has 106 valence electrons. The number of hydrogen-bond acceptors (Lipinski definition) is 4. The van der Waals surface area contributed by atoms with Crippen molar-refractivity contribution in [3.05, 3.63) is 29.3 Å². The van der Waals surface area contributed by atoms with Gasteiger partial charge in [0.2, 0.25) is 0 Å². The number of nitrogens with zero attached hydrogens (tertiary/aromatic N) is 1. The maximum Gasteiger partial charge on any atom is 0.175 e. The van der Waals surface area contributed by atoms with Gasteiger partial charge in [-0.1, -0.05) is 26.0 Å². The summed E-state index contributed by atoms with van der Waals surface area (Å²) in [5, 5.41) is 9.13. The maximum atomic E-state index is 11.9. The molecule has 4 nitrogen and oxygen atoms in total. The van der Waals surface area contributed by atoms with E-state index in [4.69, 9.17) is 14.7 Å². The molecule has 0 spiro atoms. The fraction of sp³-hybridized carbons (Fsp3) is 0.375. The van der Waals surface area contributed by atoms with Crippen LogP contribution >= 0.6 is 0 Å². The smallest absolute Gasteiger partial charge is 0.175 e. The average Bonchev–Trinajstić information content (AvgIpc) is 2.44. The van der Waals surface area contributed by atoms with Gasteiger partial charge in [-0.25, -0.2) is 0 Å². The predicted molar refractivity (Wildman–Crippen MR) is 77.6 cm³/mol. The van der Waals surface area contributed by atoms with Crippen molar-refractivity contribution in [1.82, 2.24) is 0 Å². The van der Waals surface area contributed by atoms with Crippen LogP contribution in [0.25, 0.3) is 6.08 Å². The Morgan fingerprint density at radius 3 is 2.65 bits per heavy atom. The summed E-state index contributed by atoms with van der Waals surface area (Å²) in [5.41, 5.74) is 0.774. The highest BCUT2D eigenvalue weighted by Crippen LogP contribution is 2.32. The summed E-state index contributed by atoms with van der Waals surface area (Å²) in [4.78, 5) is 11.9. The molecule has 0 aliphatic heterocycles. The van der Waals surface area contributed by atoms with Crippen LogP contribution in [0.3, 0.4) is 0 Å². The van der Waals surface area contributed by atoms with E-state index in [1.165, 1.54) is 7.11 Å². The van der Waals surface area contributed by atoms with Crippen LogP contribution in [-0.4, -0.2) is 19.5 Å². The summed E-state index contributed by atoms with van der Waals surface area (Å²) < 4.78 is 10.8. The number of ketones is 1. The molecular formula is C16H19NO3. The van der Waals surface area contributed by atoms with Gasteiger partial charge in [0.15, 0.2) is 17.3 Å².